The van der Waals surface area contributed by atoms with E-state index < -0.39 is 0 Å². The topological polar surface area (TPSA) is 29.1 Å². The minimum atomic E-state index is 0.150. The standard InChI is InChI=1S/C7H13NOS2/c1-5(2)8-6(9)7-10-3-4-11-7/h5,7H,3-4H2,1-2H3,(H,8,9). The molecule has 0 aliphatic carbocycles. The number of carbonyl (C=O) groups excluding carboxylic acids is 1. The molecule has 1 rings (SSSR count). The van der Waals surface area contributed by atoms with Gasteiger partial charge in [-0.15, -0.1) is 23.5 Å². The van der Waals surface area contributed by atoms with Gasteiger partial charge in [-0.2, -0.15) is 0 Å². The van der Waals surface area contributed by atoms with Crippen LogP contribution in [0.3, 0.4) is 0 Å². The first-order valence-electron chi connectivity index (χ1n) is 3.73. The van der Waals surface area contributed by atoms with E-state index in [-0.39, 0.29) is 16.5 Å². The molecule has 1 saturated heterocycles. The monoisotopic (exact) mass is 191 g/mol. The lowest BCUT2D eigenvalue weighted by Crippen LogP contribution is -2.35. The Morgan fingerprint density at radius 2 is 2.00 bits per heavy atom. The molecule has 0 bridgehead atoms. The van der Waals surface area contributed by atoms with Crippen molar-refractivity contribution < 1.29 is 4.79 Å². The van der Waals surface area contributed by atoms with E-state index in [0.717, 1.165) is 11.5 Å². The summed E-state index contributed by atoms with van der Waals surface area (Å²) >= 11 is 3.49. The highest BCUT2D eigenvalue weighted by Gasteiger charge is 2.23. The highest BCUT2D eigenvalue weighted by atomic mass is 32.2. The molecule has 0 unspecified atom stereocenters. The van der Waals surface area contributed by atoms with Gasteiger partial charge in [-0.25, -0.2) is 0 Å². The van der Waals surface area contributed by atoms with Gasteiger partial charge in [0.05, 0.1) is 0 Å². The lowest BCUT2D eigenvalue weighted by Gasteiger charge is -2.11. The van der Waals surface area contributed by atoms with Crippen LogP contribution in [-0.2, 0) is 4.79 Å². The van der Waals surface area contributed by atoms with Crippen LogP contribution >= 0.6 is 23.5 Å². The average molecular weight is 191 g/mol. The molecule has 0 aromatic carbocycles. The summed E-state index contributed by atoms with van der Waals surface area (Å²) in [5, 5.41) is 2.90. The SMILES string of the molecule is CC(C)NC(=O)C1SCCS1. The summed E-state index contributed by atoms with van der Waals surface area (Å²) in [6, 6.07) is 0.268. The Labute approximate surface area is 75.9 Å². The maximum absolute atomic E-state index is 11.3. The molecule has 0 aromatic rings. The van der Waals surface area contributed by atoms with E-state index in [2.05, 4.69) is 5.32 Å². The molecule has 0 saturated carbocycles. The molecule has 0 spiro atoms. The highest BCUT2D eigenvalue weighted by Crippen LogP contribution is 2.31. The number of hydrogen-bond acceptors (Lipinski definition) is 3. The second-order valence-electron chi connectivity index (χ2n) is 2.74. The molecule has 4 heteroatoms. The Balaban J connectivity index is 2.28. The fourth-order valence-corrected chi connectivity index (χ4v) is 3.46. The number of nitrogens with one attached hydrogen (secondary N) is 1. The number of rotatable bonds is 2. The van der Waals surface area contributed by atoms with Gasteiger partial charge in [0, 0.05) is 17.5 Å². The second-order valence-corrected chi connectivity index (χ2v) is 5.46. The van der Waals surface area contributed by atoms with Crippen molar-refractivity contribution in [2.24, 2.45) is 0 Å². The van der Waals surface area contributed by atoms with E-state index in [4.69, 9.17) is 0 Å². The predicted octanol–water partition coefficient (Wildman–Crippen LogP) is 1.32. The minimum absolute atomic E-state index is 0.150. The van der Waals surface area contributed by atoms with E-state index in [1.165, 1.54) is 0 Å². The van der Waals surface area contributed by atoms with Crippen molar-refractivity contribution in [2.75, 3.05) is 11.5 Å². The van der Waals surface area contributed by atoms with Crippen molar-refractivity contribution in [3.05, 3.63) is 0 Å². The Bertz CT molecular complexity index is 143. The third-order valence-electron chi connectivity index (χ3n) is 1.27. The molecule has 1 aliphatic rings. The highest BCUT2D eigenvalue weighted by molar-refractivity contribution is 8.21. The zero-order chi connectivity index (χ0) is 8.27. The maximum atomic E-state index is 11.3. The molecular formula is C7H13NOS2. The summed E-state index contributed by atoms with van der Waals surface area (Å²) in [5.74, 6) is 2.41. The Hall–Kier alpha value is 0.170. The van der Waals surface area contributed by atoms with Crippen LogP contribution in [0.5, 0.6) is 0 Å². The number of hydrogen-bond donors (Lipinski definition) is 1. The minimum Gasteiger partial charge on any atom is -0.352 e. The van der Waals surface area contributed by atoms with E-state index in [1.807, 2.05) is 13.8 Å². The van der Waals surface area contributed by atoms with Crippen LogP contribution in [0.25, 0.3) is 0 Å². The van der Waals surface area contributed by atoms with Crippen LogP contribution in [0.15, 0.2) is 0 Å². The van der Waals surface area contributed by atoms with Crippen molar-refractivity contribution >= 4 is 29.4 Å². The quantitative estimate of drug-likeness (QED) is 0.713. The number of amides is 1. The van der Waals surface area contributed by atoms with Crippen LogP contribution in [-0.4, -0.2) is 28.0 Å². The van der Waals surface area contributed by atoms with Crippen LogP contribution in [0.1, 0.15) is 13.8 Å². The van der Waals surface area contributed by atoms with Crippen LogP contribution in [0.4, 0.5) is 0 Å². The van der Waals surface area contributed by atoms with Gasteiger partial charge in [-0.3, -0.25) is 4.79 Å². The van der Waals surface area contributed by atoms with E-state index in [9.17, 15) is 4.79 Å². The second kappa shape index (κ2) is 4.26. The maximum Gasteiger partial charge on any atom is 0.243 e. The summed E-state index contributed by atoms with van der Waals surface area (Å²) in [7, 11) is 0. The van der Waals surface area contributed by atoms with Gasteiger partial charge in [0.15, 0.2) is 0 Å². The molecule has 64 valence electrons. The molecule has 2 nitrogen and oxygen atoms in total. The fourth-order valence-electron chi connectivity index (χ4n) is 0.862. The van der Waals surface area contributed by atoms with Gasteiger partial charge < -0.3 is 5.32 Å². The van der Waals surface area contributed by atoms with Gasteiger partial charge in [-0.05, 0) is 13.8 Å². The lowest BCUT2D eigenvalue weighted by molar-refractivity contribution is -0.119. The zero-order valence-electron chi connectivity index (χ0n) is 6.79. The molecule has 0 aromatic heterocycles. The van der Waals surface area contributed by atoms with Gasteiger partial charge in [0.1, 0.15) is 4.58 Å². The number of thioether (sulfide) groups is 2. The van der Waals surface area contributed by atoms with E-state index >= 15 is 0 Å². The van der Waals surface area contributed by atoms with E-state index in [1.54, 1.807) is 23.5 Å². The van der Waals surface area contributed by atoms with Crippen molar-refractivity contribution in [1.82, 2.24) is 5.32 Å². The predicted molar refractivity (Wildman–Crippen MR) is 52.0 cm³/mol. The third kappa shape index (κ3) is 2.95. The van der Waals surface area contributed by atoms with Gasteiger partial charge in [0.25, 0.3) is 0 Å². The molecule has 1 aliphatic heterocycles. The number of carbonyl (C=O) groups is 1. The van der Waals surface area contributed by atoms with Crippen LogP contribution in [0, 0.1) is 0 Å². The molecule has 11 heavy (non-hydrogen) atoms. The first-order chi connectivity index (χ1) is 5.20. The van der Waals surface area contributed by atoms with Crippen molar-refractivity contribution in [3.63, 3.8) is 0 Å². The van der Waals surface area contributed by atoms with Crippen molar-refractivity contribution in [3.8, 4) is 0 Å². The molecule has 0 atom stereocenters. The Morgan fingerprint density at radius 1 is 1.45 bits per heavy atom. The van der Waals surface area contributed by atoms with Crippen LogP contribution < -0.4 is 5.32 Å². The zero-order valence-corrected chi connectivity index (χ0v) is 8.43. The Morgan fingerprint density at radius 3 is 2.45 bits per heavy atom. The summed E-state index contributed by atoms with van der Waals surface area (Å²) in [6.07, 6.45) is 0. The van der Waals surface area contributed by atoms with Crippen molar-refractivity contribution in [1.29, 1.82) is 0 Å². The average Bonchev–Trinajstić information content (AvgIpc) is 2.35. The smallest absolute Gasteiger partial charge is 0.243 e. The normalized spacial score (nSPS) is 19.2. The summed E-state index contributed by atoms with van der Waals surface area (Å²) in [4.78, 5) is 11.3. The molecule has 1 fully saturated rings. The molecular weight excluding hydrogens is 178 g/mol. The molecule has 1 amide bonds. The summed E-state index contributed by atoms with van der Waals surface area (Å²) in [5.41, 5.74) is 0. The summed E-state index contributed by atoms with van der Waals surface area (Å²) < 4.78 is 0.150. The first-order valence-corrected chi connectivity index (χ1v) is 5.83. The fraction of sp³-hybridized carbons (Fsp3) is 0.857. The molecule has 0 radical (unpaired) electrons. The van der Waals surface area contributed by atoms with Crippen LogP contribution in [0.2, 0.25) is 0 Å². The van der Waals surface area contributed by atoms with Gasteiger partial charge >= 0.3 is 0 Å². The Kier molecular flexibility index (Phi) is 3.59. The molecule has 1 heterocycles. The van der Waals surface area contributed by atoms with Crippen molar-refractivity contribution in [2.45, 2.75) is 24.5 Å². The first kappa shape index (κ1) is 9.26. The lowest BCUT2D eigenvalue weighted by atomic mass is 10.4. The largest absolute Gasteiger partial charge is 0.352 e. The summed E-state index contributed by atoms with van der Waals surface area (Å²) in [6.45, 7) is 3.98. The molecule has 1 N–H and O–H groups in total. The van der Waals surface area contributed by atoms with Gasteiger partial charge in [-0.1, -0.05) is 0 Å². The van der Waals surface area contributed by atoms with E-state index in [0.29, 0.717) is 0 Å². The third-order valence-corrected chi connectivity index (χ3v) is 4.26. The van der Waals surface area contributed by atoms with Gasteiger partial charge in [0.2, 0.25) is 5.91 Å².